The van der Waals surface area contributed by atoms with Crippen LogP contribution in [0.5, 0.6) is 0 Å². The SMILES string of the molecule is CC1=CC(=O)[NH+]([O-])c2ccc(C)cc21. The van der Waals surface area contributed by atoms with Crippen LogP contribution in [0.15, 0.2) is 24.3 Å². The van der Waals surface area contributed by atoms with Gasteiger partial charge in [0.2, 0.25) is 0 Å². The number of aryl methyl sites for hydroxylation is 1. The predicted molar refractivity (Wildman–Crippen MR) is 53.8 cm³/mol. The van der Waals surface area contributed by atoms with Crippen LogP contribution >= 0.6 is 0 Å². The Morgan fingerprint density at radius 3 is 2.71 bits per heavy atom. The number of hydrogen-bond acceptors (Lipinski definition) is 2. The maximum atomic E-state index is 11.5. The first-order chi connectivity index (χ1) is 6.59. The third-order valence-corrected chi connectivity index (χ3v) is 2.42. The molecule has 3 heteroatoms. The summed E-state index contributed by atoms with van der Waals surface area (Å²) in [5.41, 5.74) is 3.38. The van der Waals surface area contributed by atoms with Crippen LogP contribution in [0.1, 0.15) is 18.1 Å². The average Bonchev–Trinajstić information content (AvgIpc) is 2.14. The van der Waals surface area contributed by atoms with E-state index in [4.69, 9.17) is 0 Å². The highest BCUT2D eigenvalue weighted by Gasteiger charge is 2.22. The molecule has 0 aromatic heterocycles. The van der Waals surface area contributed by atoms with Crippen molar-refractivity contribution in [1.29, 1.82) is 0 Å². The number of hydrogen-bond donors (Lipinski definition) is 1. The summed E-state index contributed by atoms with van der Waals surface area (Å²) in [4.78, 5) is 11.2. The molecule has 72 valence electrons. The van der Waals surface area contributed by atoms with E-state index in [2.05, 4.69) is 0 Å². The minimum absolute atomic E-state index is 0.398. The number of allylic oxidation sites excluding steroid dienone is 1. The molecule has 0 aliphatic carbocycles. The molecule has 0 spiro atoms. The maximum Gasteiger partial charge on any atom is 0.342 e. The summed E-state index contributed by atoms with van der Waals surface area (Å²) >= 11 is 0. The van der Waals surface area contributed by atoms with Crippen molar-refractivity contribution in [2.24, 2.45) is 0 Å². The van der Waals surface area contributed by atoms with Crippen molar-refractivity contribution in [2.45, 2.75) is 13.8 Å². The maximum absolute atomic E-state index is 11.5. The molecule has 0 saturated heterocycles. The Morgan fingerprint density at radius 2 is 2.00 bits per heavy atom. The molecule has 1 heterocycles. The highest BCUT2D eigenvalue weighted by Crippen LogP contribution is 2.24. The molecule has 1 aliphatic heterocycles. The van der Waals surface area contributed by atoms with Gasteiger partial charge in [0.1, 0.15) is 5.69 Å². The number of benzene rings is 1. The number of nitrogens with one attached hydrogen (secondary N) is 1. The van der Waals surface area contributed by atoms with Gasteiger partial charge in [0.05, 0.1) is 0 Å². The first-order valence-electron chi connectivity index (χ1n) is 4.47. The molecule has 0 saturated carbocycles. The van der Waals surface area contributed by atoms with Crippen molar-refractivity contribution in [3.05, 3.63) is 40.6 Å². The van der Waals surface area contributed by atoms with Crippen LogP contribution in [-0.4, -0.2) is 5.91 Å². The Hall–Kier alpha value is -1.45. The van der Waals surface area contributed by atoms with Gasteiger partial charge in [-0.15, -0.1) is 0 Å². The van der Waals surface area contributed by atoms with Gasteiger partial charge in [-0.25, -0.2) is 4.79 Å². The number of fused-ring (bicyclic) bond motifs is 1. The molecule has 1 amide bonds. The fourth-order valence-corrected chi connectivity index (χ4v) is 1.66. The Labute approximate surface area is 82.2 Å². The van der Waals surface area contributed by atoms with Gasteiger partial charge in [-0.2, -0.15) is 0 Å². The lowest BCUT2D eigenvalue weighted by molar-refractivity contribution is -0.686. The summed E-state index contributed by atoms with van der Waals surface area (Å²) < 4.78 is 0. The zero-order valence-electron chi connectivity index (χ0n) is 8.13. The van der Waals surface area contributed by atoms with Crippen molar-refractivity contribution < 1.29 is 9.86 Å². The van der Waals surface area contributed by atoms with Gasteiger partial charge < -0.3 is 5.21 Å². The largest absolute Gasteiger partial charge is 0.621 e. The number of carbonyl (C=O) groups is 1. The lowest BCUT2D eigenvalue weighted by Crippen LogP contribution is -3.05. The minimum atomic E-state index is -0.418. The second kappa shape index (κ2) is 3.04. The first-order valence-corrected chi connectivity index (χ1v) is 4.47. The van der Waals surface area contributed by atoms with Crippen LogP contribution in [0, 0.1) is 12.1 Å². The topological polar surface area (TPSA) is 44.6 Å². The molecule has 1 aromatic rings. The average molecular weight is 189 g/mol. The van der Waals surface area contributed by atoms with Crippen molar-refractivity contribution in [2.75, 3.05) is 0 Å². The molecular formula is C11H11NO2. The van der Waals surface area contributed by atoms with E-state index >= 15 is 0 Å². The van der Waals surface area contributed by atoms with Gasteiger partial charge in [0, 0.05) is 17.7 Å². The third-order valence-electron chi connectivity index (χ3n) is 2.42. The summed E-state index contributed by atoms with van der Waals surface area (Å²) in [5.74, 6) is -0.418. The summed E-state index contributed by atoms with van der Waals surface area (Å²) in [6.07, 6.45) is 1.41. The Morgan fingerprint density at radius 1 is 1.29 bits per heavy atom. The molecule has 0 radical (unpaired) electrons. The van der Waals surface area contributed by atoms with Crippen LogP contribution in [-0.2, 0) is 4.79 Å². The van der Waals surface area contributed by atoms with Gasteiger partial charge in [0.25, 0.3) is 0 Å². The molecule has 2 rings (SSSR count). The Balaban J connectivity index is 2.66. The highest BCUT2D eigenvalue weighted by molar-refractivity contribution is 5.95. The third kappa shape index (κ3) is 1.27. The second-order valence-corrected chi connectivity index (χ2v) is 3.57. The van der Waals surface area contributed by atoms with Crippen LogP contribution in [0.3, 0.4) is 0 Å². The molecule has 0 fully saturated rings. The number of rotatable bonds is 0. The Bertz CT molecular complexity index is 435. The van der Waals surface area contributed by atoms with Crippen LogP contribution in [0.25, 0.3) is 5.57 Å². The standard InChI is InChI=1S/C11H11NO2/c1-7-3-4-10-9(5-7)8(2)6-11(13)12(10)14/h3-6,12H,1-2H3. The molecule has 1 atom stereocenters. The molecule has 1 aromatic carbocycles. The van der Waals surface area contributed by atoms with E-state index in [1.807, 2.05) is 26.0 Å². The summed E-state index contributed by atoms with van der Waals surface area (Å²) in [5, 5.41) is 11.1. The van der Waals surface area contributed by atoms with Crippen LogP contribution < -0.4 is 5.06 Å². The van der Waals surface area contributed by atoms with Crippen LogP contribution in [0.2, 0.25) is 0 Å². The number of carbonyl (C=O) groups excluding carboxylic acids is 1. The van der Waals surface area contributed by atoms with Gasteiger partial charge in [0.15, 0.2) is 0 Å². The van der Waals surface area contributed by atoms with Crippen LogP contribution in [0.4, 0.5) is 5.69 Å². The van der Waals surface area contributed by atoms with E-state index in [9.17, 15) is 10.0 Å². The van der Waals surface area contributed by atoms with Gasteiger partial charge in [-0.1, -0.05) is 11.6 Å². The first kappa shape index (κ1) is 9.12. The lowest BCUT2D eigenvalue weighted by Gasteiger charge is -2.24. The summed E-state index contributed by atoms with van der Waals surface area (Å²) in [7, 11) is 0. The van der Waals surface area contributed by atoms with Crippen molar-refractivity contribution >= 4 is 17.2 Å². The predicted octanol–water partition coefficient (Wildman–Crippen LogP) is 0.953. The molecule has 1 N–H and O–H groups in total. The number of quaternary nitrogens is 1. The quantitative estimate of drug-likeness (QED) is 0.617. The molecular weight excluding hydrogens is 178 g/mol. The van der Waals surface area contributed by atoms with E-state index in [1.54, 1.807) is 6.07 Å². The summed E-state index contributed by atoms with van der Waals surface area (Å²) in [6, 6.07) is 5.51. The molecule has 0 bridgehead atoms. The molecule has 1 aliphatic rings. The number of amides is 1. The molecule has 14 heavy (non-hydrogen) atoms. The van der Waals surface area contributed by atoms with Gasteiger partial charge >= 0.3 is 5.91 Å². The van der Waals surface area contributed by atoms with E-state index < -0.39 is 11.0 Å². The van der Waals surface area contributed by atoms with Crippen molar-refractivity contribution in [1.82, 2.24) is 0 Å². The van der Waals surface area contributed by atoms with E-state index in [-0.39, 0.29) is 0 Å². The zero-order chi connectivity index (χ0) is 10.3. The zero-order valence-corrected chi connectivity index (χ0v) is 8.13. The Kier molecular flexibility index (Phi) is 1.98. The fourth-order valence-electron chi connectivity index (χ4n) is 1.66. The summed E-state index contributed by atoms with van der Waals surface area (Å²) in [6.45, 7) is 3.82. The van der Waals surface area contributed by atoms with E-state index in [1.165, 1.54) is 6.08 Å². The molecule has 3 nitrogen and oxygen atoms in total. The number of hydroxylamine groups is 1. The second-order valence-electron chi connectivity index (χ2n) is 3.57. The highest BCUT2D eigenvalue weighted by atomic mass is 16.5. The van der Waals surface area contributed by atoms with Crippen molar-refractivity contribution in [3.8, 4) is 0 Å². The van der Waals surface area contributed by atoms with Crippen molar-refractivity contribution in [3.63, 3.8) is 0 Å². The van der Waals surface area contributed by atoms with E-state index in [0.29, 0.717) is 5.69 Å². The lowest BCUT2D eigenvalue weighted by atomic mass is 9.99. The monoisotopic (exact) mass is 189 g/mol. The smallest absolute Gasteiger partial charge is 0.342 e. The molecule has 1 unspecified atom stereocenters. The minimum Gasteiger partial charge on any atom is -0.621 e. The normalized spacial score (nSPS) is 20.4. The van der Waals surface area contributed by atoms with E-state index in [0.717, 1.165) is 16.7 Å². The fraction of sp³-hybridized carbons (Fsp3) is 0.182. The van der Waals surface area contributed by atoms with Gasteiger partial charge in [-0.05, 0) is 25.5 Å². The van der Waals surface area contributed by atoms with Gasteiger partial charge in [-0.3, -0.25) is 5.06 Å².